The number of hydrogen-bond acceptors (Lipinski definition) is 4. The van der Waals surface area contributed by atoms with E-state index in [9.17, 15) is 4.79 Å². The molecule has 1 saturated heterocycles. The summed E-state index contributed by atoms with van der Waals surface area (Å²) in [4.78, 5) is 17.8. The number of anilines is 1. The molecule has 1 fully saturated rings. The fourth-order valence-corrected chi connectivity index (χ4v) is 5.86. The van der Waals surface area contributed by atoms with Gasteiger partial charge in [0.25, 0.3) is 5.91 Å². The lowest BCUT2D eigenvalue weighted by atomic mass is 9.74. The minimum absolute atomic E-state index is 0.0119. The number of aryl methyl sites for hydroxylation is 2. The molecule has 36 heavy (non-hydrogen) atoms. The van der Waals surface area contributed by atoms with Crippen molar-refractivity contribution in [1.82, 2.24) is 4.90 Å². The van der Waals surface area contributed by atoms with Crippen molar-refractivity contribution in [3.63, 3.8) is 0 Å². The van der Waals surface area contributed by atoms with E-state index < -0.39 is 0 Å². The molecule has 0 aliphatic carbocycles. The number of nitrogens with zero attached hydrogens (tertiary/aromatic N) is 2. The molecule has 1 spiro atoms. The molecule has 188 valence electrons. The summed E-state index contributed by atoms with van der Waals surface area (Å²) in [6.07, 6.45) is 2.00. The van der Waals surface area contributed by atoms with Crippen LogP contribution in [0, 0.1) is 13.8 Å². The monoisotopic (exact) mass is 504 g/mol. The Balaban J connectivity index is 1.31. The third-order valence-electron chi connectivity index (χ3n) is 7.50. The highest BCUT2D eigenvalue weighted by molar-refractivity contribution is 6.30. The van der Waals surface area contributed by atoms with Crippen LogP contribution in [0.15, 0.2) is 60.7 Å². The van der Waals surface area contributed by atoms with E-state index in [1.54, 1.807) is 31.4 Å². The molecule has 5 nitrogen and oxygen atoms in total. The summed E-state index contributed by atoms with van der Waals surface area (Å²) in [5.74, 6) is 1.43. The number of ether oxygens (including phenoxy) is 2. The van der Waals surface area contributed by atoms with Crippen molar-refractivity contribution in [2.75, 3.05) is 38.3 Å². The van der Waals surface area contributed by atoms with Gasteiger partial charge in [-0.3, -0.25) is 9.69 Å². The number of piperidine rings is 1. The van der Waals surface area contributed by atoms with Gasteiger partial charge in [0.05, 0.1) is 7.11 Å². The minimum atomic E-state index is -0.0706. The number of carbonyl (C=O) groups excluding carboxylic acids is 1. The Morgan fingerprint density at radius 2 is 1.61 bits per heavy atom. The second-order valence-corrected chi connectivity index (χ2v) is 10.6. The lowest BCUT2D eigenvalue weighted by molar-refractivity contribution is -0.120. The van der Waals surface area contributed by atoms with Gasteiger partial charge in [-0.05, 0) is 93.4 Å². The van der Waals surface area contributed by atoms with Crippen LogP contribution in [-0.2, 0) is 16.8 Å². The van der Waals surface area contributed by atoms with Crippen molar-refractivity contribution >= 4 is 23.2 Å². The van der Waals surface area contributed by atoms with E-state index in [2.05, 4.69) is 43.0 Å². The first kappa shape index (κ1) is 24.7. The zero-order valence-electron chi connectivity index (χ0n) is 21.2. The number of carbonyl (C=O) groups is 1. The molecular formula is C30H33ClN2O3. The Bertz CT molecular complexity index is 1230. The number of rotatable bonds is 6. The van der Waals surface area contributed by atoms with Gasteiger partial charge in [-0.1, -0.05) is 40.9 Å². The van der Waals surface area contributed by atoms with Crippen LogP contribution in [0.3, 0.4) is 0 Å². The van der Waals surface area contributed by atoms with Crippen molar-refractivity contribution in [3.8, 4) is 11.5 Å². The van der Waals surface area contributed by atoms with Crippen molar-refractivity contribution in [3.05, 3.63) is 87.9 Å². The van der Waals surface area contributed by atoms with Gasteiger partial charge in [-0.2, -0.15) is 0 Å². The zero-order chi connectivity index (χ0) is 25.3. The Hall–Kier alpha value is -3.02. The summed E-state index contributed by atoms with van der Waals surface area (Å²) in [6, 6.07) is 20.0. The average Bonchev–Trinajstić information content (AvgIpc) is 3.17. The van der Waals surface area contributed by atoms with Crippen molar-refractivity contribution in [1.29, 1.82) is 0 Å². The molecule has 0 atom stereocenters. The Kier molecular flexibility index (Phi) is 6.96. The topological polar surface area (TPSA) is 42.0 Å². The molecule has 2 aliphatic rings. The largest absolute Gasteiger partial charge is 0.497 e. The van der Waals surface area contributed by atoms with Crippen LogP contribution in [0.25, 0.3) is 0 Å². The van der Waals surface area contributed by atoms with Gasteiger partial charge in [0.2, 0.25) is 0 Å². The van der Waals surface area contributed by atoms with Gasteiger partial charge < -0.3 is 14.4 Å². The highest BCUT2D eigenvalue weighted by atomic mass is 35.5. The van der Waals surface area contributed by atoms with Gasteiger partial charge in [0, 0.05) is 29.2 Å². The molecule has 5 rings (SSSR count). The number of benzene rings is 3. The van der Waals surface area contributed by atoms with Crippen LogP contribution in [0.1, 0.15) is 35.1 Å². The lowest BCUT2D eigenvalue weighted by Crippen LogP contribution is -2.46. The Morgan fingerprint density at radius 3 is 2.28 bits per heavy atom. The van der Waals surface area contributed by atoms with Gasteiger partial charge in [-0.25, -0.2) is 0 Å². The smallest absolute Gasteiger partial charge is 0.264 e. The Morgan fingerprint density at radius 1 is 0.944 bits per heavy atom. The van der Waals surface area contributed by atoms with Crippen LogP contribution in [0.4, 0.5) is 5.69 Å². The molecule has 2 aliphatic heterocycles. The van der Waals surface area contributed by atoms with Crippen LogP contribution >= 0.6 is 11.6 Å². The van der Waals surface area contributed by atoms with Gasteiger partial charge in [0.1, 0.15) is 11.5 Å². The maximum Gasteiger partial charge on any atom is 0.264 e. The zero-order valence-corrected chi connectivity index (χ0v) is 22.0. The number of fused-ring (bicyclic) bond motifs is 2. The number of amides is 1. The lowest BCUT2D eigenvalue weighted by Gasteiger charge is -2.40. The molecule has 6 heteroatoms. The van der Waals surface area contributed by atoms with Gasteiger partial charge in [-0.15, -0.1) is 0 Å². The number of hydrogen-bond donors (Lipinski definition) is 0. The summed E-state index contributed by atoms with van der Waals surface area (Å²) in [5.41, 5.74) is 6.11. The molecule has 0 aromatic heterocycles. The fraction of sp³-hybridized carbons (Fsp3) is 0.367. The van der Waals surface area contributed by atoms with E-state index in [1.165, 1.54) is 22.3 Å². The van der Waals surface area contributed by atoms with Crippen molar-refractivity contribution in [2.24, 2.45) is 0 Å². The first-order chi connectivity index (χ1) is 17.3. The van der Waals surface area contributed by atoms with Crippen molar-refractivity contribution < 1.29 is 14.3 Å². The fourth-order valence-electron chi connectivity index (χ4n) is 5.74. The van der Waals surface area contributed by atoms with Crippen LogP contribution < -0.4 is 14.4 Å². The molecule has 0 bridgehead atoms. The summed E-state index contributed by atoms with van der Waals surface area (Å²) < 4.78 is 11.3. The summed E-state index contributed by atoms with van der Waals surface area (Å²) in [5, 5.41) is 0.641. The predicted octanol–water partition coefficient (Wildman–Crippen LogP) is 5.92. The quantitative estimate of drug-likeness (QED) is 0.417. The Labute approximate surface area is 218 Å². The van der Waals surface area contributed by atoms with Gasteiger partial charge >= 0.3 is 0 Å². The summed E-state index contributed by atoms with van der Waals surface area (Å²) in [7, 11) is 1.69. The summed E-state index contributed by atoms with van der Waals surface area (Å²) in [6.45, 7) is 7.93. The molecular weight excluding hydrogens is 472 g/mol. The second kappa shape index (κ2) is 10.2. The molecule has 2 heterocycles. The average molecular weight is 505 g/mol. The van der Waals surface area contributed by atoms with E-state index in [0.717, 1.165) is 43.9 Å². The number of likely N-dealkylation sites (tertiary alicyclic amines) is 1. The van der Waals surface area contributed by atoms with Gasteiger partial charge in [0.15, 0.2) is 6.61 Å². The predicted molar refractivity (Wildman–Crippen MR) is 144 cm³/mol. The molecule has 3 aromatic rings. The van der Waals surface area contributed by atoms with E-state index in [4.69, 9.17) is 21.1 Å². The standard InChI is InChI=1S/C30H33ClN2O3/c1-21-14-22(2)16-23(15-21)18-32-12-10-30(11-13-32)20-33(28-9-8-26(35-3)17-27(28)30)29(34)19-36-25-6-4-24(31)5-7-25/h4-9,14-17H,10-13,18-20H2,1-3H3. The van der Waals surface area contributed by atoms with Crippen molar-refractivity contribution in [2.45, 2.75) is 38.6 Å². The van der Waals surface area contributed by atoms with E-state index in [-0.39, 0.29) is 17.9 Å². The number of methoxy groups -OCH3 is 1. The van der Waals surface area contributed by atoms with Crippen LogP contribution in [0.2, 0.25) is 5.02 Å². The highest BCUT2D eigenvalue weighted by Gasteiger charge is 2.46. The van der Waals surface area contributed by atoms with Crippen LogP contribution in [-0.4, -0.2) is 44.2 Å². The third kappa shape index (κ3) is 5.09. The molecule has 1 amide bonds. The normalized spacial score (nSPS) is 16.7. The molecule has 0 saturated carbocycles. The SMILES string of the molecule is COc1ccc2c(c1)C1(CCN(Cc3cc(C)cc(C)c3)CC1)CN2C(=O)COc1ccc(Cl)cc1. The van der Waals surface area contributed by atoms with E-state index in [1.807, 2.05) is 17.0 Å². The van der Waals surface area contributed by atoms with Crippen LogP contribution in [0.5, 0.6) is 11.5 Å². The molecule has 0 unspecified atom stereocenters. The highest BCUT2D eigenvalue weighted by Crippen LogP contribution is 2.48. The molecule has 3 aromatic carbocycles. The summed E-state index contributed by atoms with van der Waals surface area (Å²) >= 11 is 5.97. The molecule has 0 radical (unpaired) electrons. The van der Waals surface area contributed by atoms with E-state index >= 15 is 0 Å². The molecule has 0 N–H and O–H groups in total. The van der Waals surface area contributed by atoms with E-state index in [0.29, 0.717) is 17.3 Å². The first-order valence-electron chi connectivity index (χ1n) is 12.5. The third-order valence-corrected chi connectivity index (χ3v) is 7.76. The minimum Gasteiger partial charge on any atom is -0.497 e. The maximum atomic E-state index is 13.3. The second-order valence-electron chi connectivity index (χ2n) is 10.2. The maximum absolute atomic E-state index is 13.3. The first-order valence-corrected chi connectivity index (χ1v) is 12.9. The number of halogens is 1.